The number of benzene rings is 4. The quantitative estimate of drug-likeness (QED) is 0.0705. The molecule has 0 aliphatic carbocycles. The normalized spacial score (nSPS) is 16.6. The van der Waals surface area contributed by atoms with Crippen molar-refractivity contribution in [2.75, 3.05) is 4.90 Å². The van der Waals surface area contributed by atoms with Gasteiger partial charge < -0.3 is 5.11 Å². The summed E-state index contributed by atoms with van der Waals surface area (Å²) in [6.07, 6.45) is 0. The van der Waals surface area contributed by atoms with Gasteiger partial charge in [-0.1, -0.05) is 101 Å². The van der Waals surface area contributed by atoms with Crippen molar-refractivity contribution in [1.82, 2.24) is 10.2 Å². The van der Waals surface area contributed by atoms with E-state index >= 15 is 0 Å². The Labute approximate surface area is 248 Å². The fourth-order valence-electron chi connectivity index (χ4n) is 4.80. The summed E-state index contributed by atoms with van der Waals surface area (Å²) in [7, 11) is 0. The summed E-state index contributed by atoms with van der Waals surface area (Å²) in [5, 5.41) is 22.7. The molecule has 6 nitrogen and oxygen atoms in total. The first-order valence-electron chi connectivity index (χ1n) is 12.6. The molecule has 0 saturated carbocycles. The Hall–Kier alpha value is -4.05. The highest BCUT2D eigenvalue weighted by Gasteiger charge is 2.48. The Morgan fingerprint density at radius 1 is 1.02 bits per heavy atom. The molecule has 1 aliphatic rings. The number of thioether (sulfide) groups is 1. The third-order valence-electron chi connectivity index (χ3n) is 6.91. The summed E-state index contributed by atoms with van der Waals surface area (Å²) in [4.78, 5) is 28.0. The van der Waals surface area contributed by atoms with Crippen LogP contribution in [-0.2, 0) is 15.3 Å². The third-order valence-corrected chi connectivity index (χ3v) is 9.27. The molecular formula is C31H21ClFN3O3S2. The largest absolute Gasteiger partial charge is 0.507 e. The molecule has 1 saturated heterocycles. The van der Waals surface area contributed by atoms with Gasteiger partial charge in [0, 0.05) is 16.3 Å². The van der Waals surface area contributed by atoms with Crippen LogP contribution in [0, 0.1) is 12.7 Å². The molecule has 1 amide bonds. The fourth-order valence-corrected chi connectivity index (χ4v) is 6.80. The molecule has 204 valence electrons. The molecule has 0 bridgehead atoms. The highest BCUT2D eigenvalue weighted by molar-refractivity contribution is 8.00. The zero-order chi connectivity index (χ0) is 28.7. The lowest BCUT2D eigenvalue weighted by Gasteiger charge is -2.22. The van der Waals surface area contributed by atoms with Crippen LogP contribution in [0.25, 0.3) is 16.5 Å². The van der Waals surface area contributed by atoms with Crippen LogP contribution in [0.4, 0.5) is 9.52 Å². The lowest BCUT2D eigenvalue weighted by atomic mass is 9.95. The average Bonchev–Trinajstić information content (AvgIpc) is 3.55. The van der Waals surface area contributed by atoms with Gasteiger partial charge in [-0.3, -0.25) is 14.5 Å². The van der Waals surface area contributed by atoms with E-state index in [1.165, 1.54) is 40.1 Å². The first-order chi connectivity index (χ1) is 19.8. The van der Waals surface area contributed by atoms with Gasteiger partial charge in [-0.15, -0.1) is 10.2 Å². The minimum atomic E-state index is -1.01. The van der Waals surface area contributed by atoms with Crippen molar-refractivity contribution in [2.24, 2.45) is 0 Å². The van der Waals surface area contributed by atoms with Gasteiger partial charge in [0.1, 0.15) is 11.6 Å². The summed E-state index contributed by atoms with van der Waals surface area (Å²) < 4.78 is 15.0. The molecular weight excluding hydrogens is 581 g/mol. The van der Waals surface area contributed by atoms with E-state index in [2.05, 4.69) is 34.5 Å². The Morgan fingerprint density at radius 3 is 2.56 bits per heavy atom. The lowest BCUT2D eigenvalue weighted by Crippen LogP contribution is -2.29. The molecule has 1 atom stereocenters. The zero-order valence-corrected chi connectivity index (χ0v) is 23.9. The van der Waals surface area contributed by atoms with E-state index < -0.39 is 29.3 Å². The van der Waals surface area contributed by atoms with Gasteiger partial charge in [-0.05, 0) is 52.6 Å². The van der Waals surface area contributed by atoms with Crippen molar-refractivity contribution in [1.29, 1.82) is 0 Å². The van der Waals surface area contributed by atoms with Gasteiger partial charge in [-0.25, -0.2) is 4.39 Å². The molecule has 0 radical (unpaired) electrons. The van der Waals surface area contributed by atoms with Crippen LogP contribution in [0.2, 0.25) is 5.02 Å². The number of hydrogen-bond donors (Lipinski definition) is 1. The standard InChI is InChI=1S/C31H21ClFN3O3S2/c1-17-9-10-20(15-24(17)33)27(37)25-26(19-11-13-22(32)14-12-19)36(29(39)28(25)38)30-34-35-31(41-30)40-16-21-7-4-6-18-5-2-3-8-23(18)21/h2-15,26,37H,16H2,1H3/t26-/m1/s1. The molecule has 1 fully saturated rings. The van der Waals surface area contributed by atoms with Crippen LogP contribution in [0.5, 0.6) is 0 Å². The maximum absolute atomic E-state index is 14.4. The first kappa shape index (κ1) is 27.1. The van der Waals surface area contributed by atoms with Crippen LogP contribution in [0.3, 0.4) is 0 Å². The van der Waals surface area contributed by atoms with Gasteiger partial charge in [-0.2, -0.15) is 0 Å². The monoisotopic (exact) mass is 601 g/mol. The number of rotatable bonds is 6. The molecule has 2 heterocycles. The predicted molar refractivity (Wildman–Crippen MR) is 161 cm³/mol. The van der Waals surface area contributed by atoms with E-state index in [9.17, 15) is 19.1 Å². The SMILES string of the molecule is Cc1ccc(C(O)=C2C(=O)C(=O)N(c3nnc(SCc4cccc5ccccc45)s3)[C@@H]2c2ccc(Cl)cc2)cc1F. The molecule has 1 aromatic heterocycles. The average molecular weight is 602 g/mol. The Balaban J connectivity index is 1.37. The number of nitrogens with zero attached hydrogens (tertiary/aromatic N) is 3. The number of fused-ring (bicyclic) bond motifs is 1. The number of aliphatic hydroxyl groups excluding tert-OH is 1. The molecule has 4 aromatic carbocycles. The summed E-state index contributed by atoms with van der Waals surface area (Å²) in [5.41, 5.74) is 1.98. The number of carbonyl (C=O) groups excluding carboxylic acids is 2. The molecule has 1 N–H and O–H groups in total. The Morgan fingerprint density at radius 2 is 1.78 bits per heavy atom. The van der Waals surface area contributed by atoms with E-state index in [4.69, 9.17) is 11.6 Å². The number of aryl methyl sites for hydroxylation is 1. The summed E-state index contributed by atoms with van der Waals surface area (Å²) in [6, 6.07) is 24.0. The zero-order valence-electron chi connectivity index (χ0n) is 21.5. The second-order valence-electron chi connectivity index (χ2n) is 9.46. The number of ketones is 1. The van der Waals surface area contributed by atoms with Crippen molar-refractivity contribution in [3.63, 3.8) is 0 Å². The number of anilines is 1. The number of halogens is 2. The highest BCUT2D eigenvalue weighted by Crippen LogP contribution is 2.44. The Bertz CT molecular complexity index is 1850. The van der Waals surface area contributed by atoms with Crippen LogP contribution in [0.1, 0.15) is 28.3 Å². The number of carbonyl (C=O) groups is 2. The molecule has 5 aromatic rings. The van der Waals surface area contributed by atoms with E-state index in [1.807, 2.05) is 18.2 Å². The topological polar surface area (TPSA) is 83.4 Å². The Kier molecular flexibility index (Phi) is 7.33. The van der Waals surface area contributed by atoms with Gasteiger partial charge in [0.25, 0.3) is 5.78 Å². The predicted octanol–water partition coefficient (Wildman–Crippen LogP) is 7.71. The van der Waals surface area contributed by atoms with E-state index in [0.717, 1.165) is 22.4 Å². The molecule has 10 heteroatoms. The van der Waals surface area contributed by atoms with Crippen molar-refractivity contribution < 1.29 is 19.1 Å². The maximum Gasteiger partial charge on any atom is 0.301 e. The molecule has 0 spiro atoms. The third kappa shape index (κ3) is 5.12. The maximum atomic E-state index is 14.4. The van der Waals surface area contributed by atoms with Crippen molar-refractivity contribution in [2.45, 2.75) is 23.1 Å². The van der Waals surface area contributed by atoms with Gasteiger partial charge in [0.05, 0.1) is 11.6 Å². The van der Waals surface area contributed by atoms with E-state index in [1.54, 1.807) is 31.2 Å². The minimum Gasteiger partial charge on any atom is -0.507 e. The molecule has 6 rings (SSSR count). The first-order valence-corrected chi connectivity index (χ1v) is 14.8. The van der Waals surface area contributed by atoms with E-state index in [0.29, 0.717) is 26.2 Å². The summed E-state index contributed by atoms with van der Waals surface area (Å²) in [5.74, 6) is -2.14. The van der Waals surface area contributed by atoms with Crippen LogP contribution < -0.4 is 4.90 Å². The molecule has 1 aliphatic heterocycles. The van der Waals surface area contributed by atoms with Crippen LogP contribution in [0.15, 0.2) is 94.8 Å². The smallest absolute Gasteiger partial charge is 0.301 e. The summed E-state index contributed by atoms with van der Waals surface area (Å²) >= 11 is 8.76. The number of amides is 1. The lowest BCUT2D eigenvalue weighted by molar-refractivity contribution is -0.132. The second-order valence-corrected chi connectivity index (χ2v) is 12.1. The van der Waals surface area contributed by atoms with Crippen molar-refractivity contribution in [3.05, 3.63) is 124 Å². The van der Waals surface area contributed by atoms with Gasteiger partial charge in [0.2, 0.25) is 5.13 Å². The number of aliphatic hydroxyl groups is 1. The van der Waals surface area contributed by atoms with Gasteiger partial charge in [0.15, 0.2) is 4.34 Å². The van der Waals surface area contributed by atoms with E-state index in [-0.39, 0.29) is 16.3 Å². The highest BCUT2D eigenvalue weighted by atomic mass is 35.5. The molecule has 0 unspecified atom stereocenters. The van der Waals surface area contributed by atoms with Crippen LogP contribution in [-0.4, -0.2) is 27.0 Å². The van der Waals surface area contributed by atoms with Crippen molar-refractivity contribution in [3.8, 4) is 0 Å². The fraction of sp³-hybridized carbons (Fsp3) is 0.0968. The number of aromatic nitrogens is 2. The van der Waals surface area contributed by atoms with Crippen molar-refractivity contribution >= 4 is 68.1 Å². The minimum absolute atomic E-state index is 0.0914. The van der Waals surface area contributed by atoms with Gasteiger partial charge >= 0.3 is 5.91 Å². The summed E-state index contributed by atoms with van der Waals surface area (Å²) in [6.45, 7) is 1.59. The van der Waals surface area contributed by atoms with Crippen LogP contribution >= 0.6 is 34.7 Å². The number of Topliss-reactive ketones (excluding diaryl/α,β-unsaturated/α-hetero) is 1. The number of hydrogen-bond acceptors (Lipinski definition) is 7. The second kappa shape index (κ2) is 11.1. The molecule has 41 heavy (non-hydrogen) atoms.